The number of phenolic OH excluding ortho intramolecular Hbond substituents is 2. The van der Waals surface area contributed by atoms with Crippen molar-refractivity contribution < 1.29 is 15.0 Å². The number of rotatable bonds is 2. The zero-order chi connectivity index (χ0) is 13.4. The van der Waals surface area contributed by atoms with E-state index < -0.39 is 0 Å². The monoisotopic (exact) mass is 262 g/mol. The number of carbonyl (C=O) groups excluding carboxylic acids is 1. The lowest BCUT2D eigenvalue weighted by molar-refractivity contribution is 0.0623. The zero-order valence-electron chi connectivity index (χ0n) is 10.7. The number of amides is 1. The summed E-state index contributed by atoms with van der Waals surface area (Å²) >= 11 is 0. The maximum atomic E-state index is 12.3. The fraction of sp³-hybridized carbons (Fsp3) is 0.500. The van der Waals surface area contributed by atoms with Gasteiger partial charge >= 0.3 is 0 Å². The summed E-state index contributed by atoms with van der Waals surface area (Å²) in [7, 11) is 0. The molecule has 102 valence electrons. The molecule has 2 aliphatic rings. The van der Waals surface area contributed by atoms with Crippen LogP contribution in [0, 0.1) is 0 Å². The number of phenols is 2. The Kier molecular flexibility index (Phi) is 3.06. The molecule has 2 N–H and O–H groups in total. The van der Waals surface area contributed by atoms with E-state index >= 15 is 0 Å². The van der Waals surface area contributed by atoms with Gasteiger partial charge in [0, 0.05) is 32.2 Å². The largest absolute Gasteiger partial charge is 0.504 e. The lowest BCUT2D eigenvalue weighted by Gasteiger charge is -2.34. The van der Waals surface area contributed by atoms with E-state index in [0.717, 1.165) is 19.1 Å². The lowest BCUT2D eigenvalue weighted by Crippen LogP contribution is -2.49. The first-order valence-corrected chi connectivity index (χ1v) is 6.71. The van der Waals surface area contributed by atoms with Crippen LogP contribution in [0.2, 0.25) is 0 Å². The van der Waals surface area contributed by atoms with Crippen molar-refractivity contribution in [3.8, 4) is 11.5 Å². The normalized spacial score (nSPS) is 20.5. The van der Waals surface area contributed by atoms with Gasteiger partial charge in [0.05, 0.1) is 5.56 Å². The Labute approximate surface area is 112 Å². The van der Waals surface area contributed by atoms with Crippen molar-refractivity contribution in [1.82, 2.24) is 9.80 Å². The highest BCUT2D eigenvalue weighted by atomic mass is 16.3. The van der Waals surface area contributed by atoms with Crippen molar-refractivity contribution in [2.45, 2.75) is 18.9 Å². The molecule has 1 saturated carbocycles. The van der Waals surface area contributed by atoms with E-state index in [-0.39, 0.29) is 23.0 Å². The first-order chi connectivity index (χ1) is 9.16. The topological polar surface area (TPSA) is 64.0 Å². The van der Waals surface area contributed by atoms with Gasteiger partial charge in [-0.3, -0.25) is 9.69 Å². The standard InChI is InChI=1S/C14H18N2O3/c17-12-3-1-2-11(13(12)18)14(19)16-8-6-15(7-9-16)10-4-5-10/h1-3,10,17-18H,4-9H2. The van der Waals surface area contributed by atoms with E-state index in [1.54, 1.807) is 17.0 Å². The first kappa shape index (κ1) is 12.3. The summed E-state index contributed by atoms with van der Waals surface area (Å²) in [5.41, 5.74) is 0.180. The van der Waals surface area contributed by atoms with Crippen molar-refractivity contribution in [1.29, 1.82) is 0 Å². The fourth-order valence-electron chi connectivity index (χ4n) is 2.60. The predicted octanol–water partition coefficient (Wildman–Crippen LogP) is 1.02. The third-order valence-corrected chi connectivity index (χ3v) is 3.91. The van der Waals surface area contributed by atoms with E-state index in [4.69, 9.17) is 0 Å². The van der Waals surface area contributed by atoms with Crippen LogP contribution >= 0.6 is 0 Å². The van der Waals surface area contributed by atoms with Gasteiger partial charge in [-0.25, -0.2) is 0 Å². The van der Waals surface area contributed by atoms with Crippen LogP contribution in [0.4, 0.5) is 0 Å². The molecule has 0 bridgehead atoms. The van der Waals surface area contributed by atoms with Gasteiger partial charge < -0.3 is 15.1 Å². The molecule has 1 saturated heterocycles. The number of hydrogen-bond donors (Lipinski definition) is 2. The third kappa shape index (κ3) is 2.38. The van der Waals surface area contributed by atoms with Crippen LogP contribution in [0.15, 0.2) is 18.2 Å². The Morgan fingerprint density at radius 2 is 1.79 bits per heavy atom. The molecule has 0 unspecified atom stereocenters. The molecule has 0 radical (unpaired) electrons. The van der Waals surface area contributed by atoms with Crippen LogP contribution in [0.25, 0.3) is 0 Å². The molecule has 5 nitrogen and oxygen atoms in total. The van der Waals surface area contributed by atoms with Crippen molar-refractivity contribution in [2.24, 2.45) is 0 Å². The van der Waals surface area contributed by atoms with Gasteiger partial charge in [0.2, 0.25) is 0 Å². The van der Waals surface area contributed by atoms with Gasteiger partial charge in [0.25, 0.3) is 5.91 Å². The lowest BCUT2D eigenvalue weighted by atomic mass is 10.1. The minimum absolute atomic E-state index is 0.180. The van der Waals surface area contributed by atoms with Gasteiger partial charge in [-0.15, -0.1) is 0 Å². The first-order valence-electron chi connectivity index (χ1n) is 6.71. The SMILES string of the molecule is O=C(c1cccc(O)c1O)N1CCN(C2CC2)CC1. The van der Waals surface area contributed by atoms with Gasteiger partial charge in [-0.1, -0.05) is 6.07 Å². The molecule has 2 fully saturated rings. The molecule has 19 heavy (non-hydrogen) atoms. The molecular weight excluding hydrogens is 244 g/mol. The molecule has 0 aromatic heterocycles. The molecular formula is C14H18N2O3. The van der Waals surface area contributed by atoms with Crippen LogP contribution in [0.3, 0.4) is 0 Å². The molecule has 1 aliphatic heterocycles. The maximum Gasteiger partial charge on any atom is 0.257 e. The van der Waals surface area contributed by atoms with Gasteiger partial charge in [0.15, 0.2) is 11.5 Å². The predicted molar refractivity (Wildman–Crippen MR) is 70.3 cm³/mol. The highest BCUT2D eigenvalue weighted by Crippen LogP contribution is 2.30. The highest BCUT2D eigenvalue weighted by molar-refractivity contribution is 5.97. The van der Waals surface area contributed by atoms with Crippen molar-refractivity contribution >= 4 is 5.91 Å². The number of carbonyl (C=O) groups is 1. The van der Waals surface area contributed by atoms with Gasteiger partial charge in [0.1, 0.15) is 0 Å². The third-order valence-electron chi connectivity index (χ3n) is 3.91. The quantitative estimate of drug-likeness (QED) is 0.781. The molecule has 1 aromatic rings. The molecule has 0 spiro atoms. The summed E-state index contributed by atoms with van der Waals surface area (Å²) in [6.07, 6.45) is 2.56. The second-order valence-electron chi connectivity index (χ2n) is 5.23. The van der Waals surface area contributed by atoms with Gasteiger partial charge in [-0.05, 0) is 25.0 Å². The zero-order valence-corrected chi connectivity index (χ0v) is 10.7. The van der Waals surface area contributed by atoms with Crippen LogP contribution < -0.4 is 0 Å². The molecule has 1 aliphatic carbocycles. The number of para-hydroxylation sites is 1. The molecule has 1 aromatic carbocycles. The summed E-state index contributed by atoms with van der Waals surface area (Å²) in [4.78, 5) is 16.5. The van der Waals surface area contributed by atoms with Gasteiger partial charge in [-0.2, -0.15) is 0 Å². The van der Waals surface area contributed by atoms with Crippen molar-refractivity contribution in [3.05, 3.63) is 23.8 Å². The highest BCUT2D eigenvalue weighted by Gasteiger charge is 2.32. The van der Waals surface area contributed by atoms with Crippen LogP contribution in [-0.2, 0) is 0 Å². The number of aromatic hydroxyl groups is 2. The summed E-state index contributed by atoms with van der Waals surface area (Å²) < 4.78 is 0. The van der Waals surface area contributed by atoms with Crippen molar-refractivity contribution in [3.63, 3.8) is 0 Å². The summed E-state index contributed by atoms with van der Waals surface area (Å²) in [5, 5.41) is 19.2. The van der Waals surface area contributed by atoms with Crippen LogP contribution in [0.5, 0.6) is 11.5 Å². The molecule has 1 amide bonds. The van der Waals surface area contributed by atoms with E-state index in [0.29, 0.717) is 13.1 Å². The van der Waals surface area contributed by atoms with E-state index in [1.807, 2.05) is 0 Å². The minimum atomic E-state index is -0.322. The average Bonchev–Trinajstić information content (AvgIpc) is 3.26. The molecule has 1 heterocycles. The second kappa shape index (κ2) is 4.74. The molecule has 0 atom stereocenters. The molecule has 3 rings (SSSR count). The van der Waals surface area contributed by atoms with E-state index in [1.165, 1.54) is 18.9 Å². The van der Waals surface area contributed by atoms with Crippen LogP contribution in [0.1, 0.15) is 23.2 Å². The van der Waals surface area contributed by atoms with E-state index in [9.17, 15) is 15.0 Å². The number of benzene rings is 1. The fourth-order valence-corrected chi connectivity index (χ4v) is 2.60. The number of hydrogen-bond acceptors (Lipinski definition) is 4. The Hall–Kier alpha value is -1.75. The average molecular weight is 262 g/mol. The Bertz CT molecular complexity index is 491. The van der Waals surface area contributed by atoms with Crippen molar-refractivity contribution in [2.75, 3.05) is 26.2 Å². The Balaban J connectivity index is 1.69. The Morgan fingerprint density at radius 3 is 2.42 bits per heavy atom. The number of piperazine rings is 1. The Morgan fingerprint density at radius 1 is 1.11 bits per heavy atom. The summed E-state index contributed by atoms with van der Waals surface area (Å²) in [6.45, 7) is 3.17. The minimum Gasteiger partial charge on any atom is -0.504 e. The molecule has 5 heteroatoms. The summed E-state index contributed by atoms with van der Waals surface area (Å²) in [5.74, 6) is -0.775. The summed E-state index contributed by atoms with van der Waals surface area (Å²) in [6, 6.07) is 5.22. The second-order valence-corrected chi connectivity index (χ2v) is 5.23. The smallest absolute Gasteiger partial charge is 0.257 e. The number of nitrogens with zero attached hydrogens (tertiary/aromatic N) is 2. The van der Waals surface area contributed by atoms with Crippen LogP contribution in [-0.4, -0.2) is 58.1 Å². The maximum absolute atomic E-state index is 12.3. The van der Waals surface area contributed by atoms with E-state index in [2.05, 4.69) is 4.90 Å².